The largest absolute Gasteiger partial charge is 0.380 e. The normalized spacial score (nSPS) is 11.8. The quantitative estimate of drug-likeness (QED) is 0.508. The molecule has 0 amide bonds. The van der Waals surface area contributed by atoms with Crippen LogP contribution in [0.15, 0.2) is 61.1 Å². The summed E-state index contributed by atoms with van der Waals surface area (Å²) < 4.78 is 13.1. The van der Waals surface area contributed by atoms with Crippen molar-refractivity contribution in [1.82, 2.24) is 19.9 Å². The van der Waals surface area contributed by atoms with Gasteiger partial charge in [-0.15, -0.1) is 12.4 Å². The van der Waals surface area contributed by atoms with E-state index in [4.69, 9.17) is 0 Å². The number of anilines is 2. The summed E-state index contributed by atoms with van der Waals surface area (Å²) in [6.07, 6.45) is 2.12. The number of aliphatic hydroxyl groups is 1. The minimum absolute atomic E-state index is 0. The van der Waals surface area contributed by atoms with Gasteiger partial charge in [0.2, 0.25) is 0 Å². The van der Waals surface area contributed by atoms with Crippen molar-refractivity contribution < 1.29 is 9.50 Å². The van der Waals surface area contributed by atoms with Crippen molar-refractivity contribution in [3.63, 3.8) is 0 Å². The van der Waals surface area contributed by atoms with Crippen molar-refractivity contribution in [2.24, 2.45) is 0 Å². The second kappa shape index (κ2) is 7.47. The maximum absolute atomic E-state index is 13.1. The van der Waals surface area contributed by atoms with Crippen LogP contribution in [0.4, 0.5) is 16.0 Å². The fourth-order valence-corrected chi connectivity index (χ4v) is 2.56. The number of aromatic amines is 1. The van der Waals surface area contributed by atoms with E-state index in [1.165, 1.54) is 24.3 Å². The van der Waals surface area contributed by atoms with Gasteiger partial charge in [0.1, 0.15) is 23.6 Å². The average molecular weight is 372 g/mol. The summed E-state index contributed by atoms with van der Waals surface area (Å²) in [4.78, 5) is 15.8. The molecule has 4 rings (SSSR count). The maximum Gasteiger partial charge on any atom is 0.164 e. The van der Waals surface area contributed by atoms with Crippen molar-refractivity contribution in [2.45, 2.75) is 6.10 Å². The lowest BCUT2D eigenvalue weighted by Crippen LogP contribution is -2.08. The first-order chi connectivity index (χ1) is 12.2. The molecule has 0 aliphatic heterocycles. The molecule has 1 atom stereocenters. The first-order valence-corrected chi connectivity index (χ1v) is 7.66. The number of nitrogens with one attached hydrogen (secondary N) is 2. The molecule has 3 N–H and O–H groups in total. The Morgan fingerprint density at radius 3 is 2.54 bits per heavy atom. The zero-order chi connectivity index (χ0) is 17.2. The highest BCUT2D eigenvalue weighted by molar-refractivity contribution is 5.90. The van der Waals surface area contributed by atoms with Crippen molar-refractivity contribution in [2.75, 3.05) is 5.32 Å². The molecule has 0 fully saturated rings. The molecule has 0 aliphatic carbocycles. The fourth-order valence-electron chi connectivity index (χ4n) is 2.56. The van der Waals surface area contributed by atoms with E-state index < -0.39 is 6.10 Å². The maximum atomic E-state index is 13.1. The lowest BCUT2D eigenvalue weighted by molar-refractivity contribution is 0.210. The number of imidazole rings is 1. The van der Waals surface area contributed by atoms with Crippen molar-refractivity contribution in [1.29, 1.82) is 0 Å². The van der Waals surface area contributed by atoms with E-state index >= 15 is 0 Å². The number of halogens is 2. The molecule has 132 valence electrons. The van der Waals surface area contributed by atoms with Crippen LogP contribution in [0.25, 0.3) is 10.9 Å². The third-order valence-corrected chi connectivity index (χ3v) is 3.80. The first-order valence-electron chi connectivity index (χ1n) is 7.66. The molecular formula is C18H15ClFN5O. The molecule has 0 radical (unpaired) electrons. The molecule has 0 unspecified atom stereocenters. The van der Waals surface area contributed by atoms with Crippen LogP contribution in [0.3, 0.4) is 0 Å². The SMILES string of the molecule is Cl.O[C@@H](c1ccc(F)cc1)c1nc(Nc2cnc[nH]2)c2ccccc2n1. The third kappa shape index (κ3) is 3.49. The summed E-state index contributed by atoms with van der Waals surface area (Å²) in [5, 5.41) is 14.6. The summed E-state index contributed by atoms with van der Waals surface area (Å²) in [6, 6.07) is 13.1. The Morgan fingerprint density at radius 1 is 1.04 bits per heavy atom. The van der Waals surface area contributed by atoms with Crippen LogP contribution >= 0.6 is 12.4 Å². The molecule has 0 aliphatic rings. The lowest BCUT2D eigenvalue weighted by atomic mass is 10.1. The predicted molar refractivity (Wildman–Crippen MR) is 99.1 cm³/mol. The van der Waals surface area contributed by atoms with Gasteiger partial charge in [-0.1, -0.05) is 24.3 Å². The monoisotopic (exact) mass is 371 g/mol. The standard InChI is InChI=1S/C18H14FN5O.ClH/c19-12-7-5-11(6-8-12)16(25)18-22-14-4-2-1-3-13(14)17(24-18)23-15-9-20-10-21-15;/h1-10,16,25H,(H,20,21)(H,22,23,24);1H/t16-;/m0./s1. The van der Waals surface area contributed by atoms with E-state index in [0.29, 0.717) is 22.7 Å². The van der Waals surface area contributed by atoms with Crippen molar-refractivity contribution >= 4 is 34.9 Å². The number of rotatable bonds is 4. The molecule has 4 aromatic rings. The van der Waals surface area contributed by atoms with E-state index in [0.717, 1.165) is 5.39 Å². The number of aromatic nitrogens is 4. The molecule has 0 bridgehead atoms. The average Bonchev–Trinajstić information content (AvgIpc) is 3.15. The molecule has 2 aromatic heterocycles. The summed E-state index contributed by atoms with van der Waals surface area (Å²) >= 11 is 0. The van der Waals surface area contributed by atoms with Gasteiger partial charge in [0.25, 0.3) is 0 Å². The van der Waals surface area contributed by atoms with Crippen LogP contribution in [-0.4, -0.2) is 25.0 Å². The number of hydrogen-bond acceptors (Lipinski definition) is 5. The Labute approximate surface area is 154 Å². The molecule has 0 saturated heterocycles. The highest BCUT2D eigenvalue weighted by Crippen LogP contribution is 2.27. The Morgan fingerprint density at radius 2 is 1.81 bits per heavy atom. The number of hydrogen-bond donors (Lipinski definition) is 3. The minimum atomic E-state index is -1.06. The minimum Gasteiger partial charge on any atom is -0.380 e. The number of aliphatic hydroxyl groups excluding tert-OH is 1. The third-order valence-electron chi connectivity index (χ3n) is 3.80. The van der Waals surface area contributed by atoms with E-state index in [-0.39, 0.29) is 24.0 Å². The smallest absolute Gasteiger partial charge is 0.164 e. The summed E-state index contributed by atoms with van der Waals surface area (Å²) in [6.45, 7) is 0. The van der Waals surface area contributed by atoms with Gasteiger partial charge in [0.15, 0.2) is 5.82 Å². The molecule has 6 nitrogen and oxygen atoms in total. The Balaban J connectivity index is 0.00000196. The van der Waals surface area contributed by atoms with Crippen LogP contribution in [0.1, 0.15) is 17.5 Å². The molecule has 2 heterocycles. The zero-order valence-electron chi connectivity index (χ0n) is 13.4. The van der Waals surface area contributed by atoms with E-state index in [9.17, 15) is 9.50 Å². The van der Waals surface area contributed by atoms with Gasteiger partial charge in [-0.3, -0.25) is 0 Å². The molecule has 2 aromatic carbocycles. The summed E-state index contributed by atoms with van der Waals surface area (Å²) in [5.74, 6) is 1.08. The highest BCUT2D eigenvalue weighted by Gasteiger charge is 2.17. The molecule has 0 spiro atoms. The number of H-pyrrole nitrogens is 1. The summed E-state index contributed by atoms with van der Waals surface area (Å²) in [5.41, 5.74) is 1.21. The molecule has 0 saturated carbocycles. The lowest BCUT2D eigenvalue weighted by Gasteiger charge is -2.13. The van der Waals surface area contributed by atoms with Crippen LogP contribution in [0, 0.1) is 5.82 Å². The van der Waals surface area contributed by atoms with Gasteiger partial charge in [-0.25, -0.2) is 19.3 Å². The topological polar surface area (TPSA) is 86.7 Å². The Kier molecular flexibility index (Phi) is 5.11. The van der Waals surface area contributed by atoms with E-state index in [1.54, 1.807) is 12.5 Å². The predicted octanol–water partition coefficient (Wildman–Crippen LogP) is 3.74. The van der Waals surface area contributed by atoms with Gasteiger partial charge >= 0.3 is 0 Å². The number of para-hydroxylation sites is 1. The van der Waals surface area contributed by atoms with Crippen LogP contribution in [-0.2, 0) is 0 Å². The molecule has 26 heavy (non-hydrogen) atoms. The van der Waals surface area contributed by atoms with Crippen LogP contribution < -0.4 is 5.32 Å². The second-order valence-electron chi connectivity index (χ2n) is 5.49. The number of fused-ring (bicyclic) bond motifs is 1. The molecular weight excluding hydrogens is 357 g/mol. The number of nitrogens with zero attached hydrogens (tertiary/aromatic N) is 3. The van der Waals surface area contributed by atoms with Crippen LogP contribution in [0.2, 0.25) is 0 Å². The van der Waals surface area contributed by atoms with Gasteiger partial charge in [-0.2, -0.15) is 0 Å². The number of benzene rings is 2. The summed E-state index contributed by atoms with van der Waals surface area (Å²) in [7, 11) is 0. The Hall–Kier alpha value is -3.03. The van der Waals surface area contributed by atoms with Gasteiger partial charge in [0, 0.05) is 5.39 Å². The highest BCUT2D eigenvalue weighted by atomic mass is 35.5. The fraction of sp³-hybridized carbons (Fsp3) is 0.0556. The van der Waals surface area contributed by atoms with Gasteiger partial charge in [-0.05, 0) is 29.8 Å². The van der Waals surface area contributed by atoms with E-state index in [1.807, 2.05) is 24.3 Å². The van der Waals surface area contributed by atoms with Crippen LogP contribution in [0.5, 0.6) is 0 Å². The zero-order valence-corrected chi connectivity index (χ0v) is 14.2. The van der Waals surface area contributed by atoms with Gasteiger partial charge in [0.05, 0.1) is 18.0 Å². The Bertz CT molecular complexity index is 1010. The molecule has 8 heteroatoms. The van der Waals surface area contributed by atoms with Crippen molar-refractivity contribution in [3.8, 4) is 0 Å². The van der Waals surface area contributed by atoms with Crippen molar-refractivity contribution in [3.05, 3.63) is 78.3 Å². The van der Waals surface area contributed by atoms with Gasteiger partial charge < -0.3 is 15.4 Å². The van der Waals surface area contributed by atoms with E-state index in [2.05, 4.69) is 25.3 Å². The first kappa shape index (κ1) is 17.8. The second-order valence-corrected chi connectivity index (χ2v) is 5.49.